The summed E-state index contributed by atoms with van der Waals surface area (Å²) in [4.78, 5) is 15.6. The molecule has 0 aliphatic carbocycles. The topological polar surface area (TPSA) is 62.2 Å². The first kappa shape index (κ1) is 18.7. The number of aromatic nitrogens is 1. The third-order valence-corrected chi connectivity index (χ3v) is 4.92. The van der Waals surface area contributed by atoms with E-state index in [1.54, 1.807) is 0 Å². The van der Waals surface area contributed by atoms with Crippen LogP contribution >= 0.6 is 0 Å². The van der Waals surface area contributed by atoms with Gasteiger partial charge in [-0.2, -0.15) is 0 Å². The molecule has 4 nitrogen and oxygen atoms in total. The predicted molar refractivity (Wildman–Crippen MR) is 117 cm³/mol. The second-order valence-electron chi connectivity index (χ2n) is 7.01. The number of carboxylic acid groups (broad SMARTS) is 1. The summed E-state index contributed by atoms with van der Waals surface area (Å²) < 4.78 is 0. The number of carbonyl (C=O) groups is 1. The molecule has 2 N–H and O–H groups in total. The minimum atomic E-state index is -0.913. The Hall–Kier alpha value is -3.66. The van der Waals surface area contributed by atoms with Crippen LogP contribution in [0.3, 0.4) is 0 Å². The number of hydrogen-bond acceptors (Lipinski definition) is 3. The van der Waals surface area contributed by atoms with E-state index in [9.17, 15) is 4.79 Å². The van der Waals surface area contributed by atoms with E-state index in [4.69, 9.17) is 5.11 Å². The highest BCUT2D eigenvalue weighted by atomic mass is 16.4. The predicted octanol–water partition coefficient (Wildman–Crippen LogP) is 5.18. The number of anilines is 1. The minimum Gasteiger partial charge on any atom is -0.480 e. The van der Waals surface area contributed by atoms with E-state index in [0.717, 1.165) is 34.9 Å². The molecule has 29 heavy (non-hydrogen) atoms. The highest BCUT2D eigenvalue weighted by Gasteiger charge is 2.10. The van der Waals surface area contributed by atoms with Gasteiger partial charge in [0.25, 0.3) is 0 Å². The van der Waals surface area contributed by atoms with E-state index in [2.05, 4.69) is 58.8 Å². The third kappa shape index (κ3) is 4.61. The van der Waals surface area contributed by atoms with Gasteiger partial charge in [-0.3, -0.25) is 4.79 Å². The Morgan fingerprint density at radius 2 is 1.52 bits per heavy atom. The van der Waals surface area contributed by atoms with E-state index >= 15 is 0 Å². The number of nitrogens with zero attached hydrogens (tertiary/aromatic N) is 1. The summed E-state index contributed by atoms with van der Waals surface area (Å²) in [6.07, 6.45) is 1.94. The maximum Gasteiger partial charge on any atom is 0.322 e. The van der Waals surface area contributed by atoms with Gasteiger partial charge in [0, 0.05) is 5.39 Å². The number of aryl methyl sites for hydroxylation is 2. The van der Waals surface area contributed by atoms with Gasteiger partial charge in [0.2, 0.25) is 0 Å². The van der Waals surface area contributed by atoms with Crippen LogP contribution in [0.2, 0.25) is 0 Å². The average molecular weight is 382 g/mol. The van der Waals surface area contributed by atoms with Crippen LogP contribution in [0.5, 0.6) is 0 Å². The van der Waals surface area contributed by atoms with E-state index in [1.165, 1.54) is 11.1 Å². The summed E-state index contributed by atoms with van der Waals surface area (Å²) in [6.45, 7) is -0.165. The van der Waals surface area contributed by atoms with E-state index in [0.29, 0.717) is 5.82 Å². The molecule has 4 heteroatoms. The van der Waals surface area contributed by atoms with Gasteiger partial charge in [0.1, 0.15) is 12.4 Å². The van der Waals surface area contributed by atoms with Gasteiger partial charge in [-0.05, 0) is 53.3 Å². The molecular formula is C25H22N2O2. The Morgan fingerprint density at radius 1 is 0.828 bits per heavy atom. The molecule has 0 amide bonds. The molecule has 144 valence electrons. The zero-order chi connectivity index (χ0) is 20.1. The SMILES string of the molecule is O=C(O)CNc1cc(-c2ccccc2)c2cc(CCc3ccccc3)ccc2n1. The number of hydrogen-bond donors (Lipinski definition) is 2. The summed E-state index contributed by atoms with van der Waals surface area (Å²) in [6, 6.07) is 28.9. The smallest absolute Gasteiger partial charge is 0.322 e. The van der Waals surface area contributed by atoms with Crippen LogP contribution in [0.1, 0.15) is 11.1 Å². The van der Waals surface area contributed by atoms with Crippen molar-refractivity contribution in [1.29, 1.82) is 0 Å². The lowest BCUT2D eigenvalue weighted by Gasteiger charge is -2.12. The van der Waals surface area contributed by atoms with Gasteiger partial charge in [-0.25, -0.2) is 4.98 Å². The standard InChI is InChI=1S/C25H22N2O2/c28-25(29)17-26-24-16-21(20-9-5-2-6-10-20)22-15-19(13-14-23(22)27-24)12-11-18-7-3-1-4-8-18/h1-10,13-16H,11-12,17H2,(H,26,27)(H,28,29). The zero-order valence-electron chi connectivity index (χ0n) is 16.0. The van der Waals surface area contributed by atoms with Gasteiger partial charge in [0.15, 0.2) is 0 Å². The first-order valence-corrected chi connectivity index (χ1v) is 9.68. The molecule has 0 saturated heterocycles. The quantitative estimate of drug-likeness (QED) is 0.462. The van der Waals surface area contributed by atoms with Crippen LogP contribution in [0.4, 0.5) is 5.82 Å². The second-order valence-corrected chi connectivity index (χ2v) is 7.01. The summed E-state index contributed by atoms with van der Waals surface area (Å²) in [5, 5.41) is 12.9. The lowest BCUT2D eigenvalue weighted by molar-refractivity contribution is -0.134. The van der Waals surface area contributed by atoms with Crippen molar-refractivity contribution in [3.8, 4) is 11.1 Å². The fourth-order valence-electron chi connectivity index (χ4n) is 3.48. The maximum absolute atomic E-state index is 10.9. The summed E-state index contributed by atoms with van der Waals surface area (Å²) >= 11 is 0. The molecule has 0 fully saturated rings. The minimum absolute atomic E-state index is 0.165. The molecule has 4 aromatic rings. The molecule has 0 aliphatic heterocycles. The Labute approximate surface area is 169 Å². The molecule has 4 rings (SSSR count). The zero-order valence-corrected chi connectivity index (χ0v) is 16.0. The largest absolute Gasteiger partial charge is 0.480 e. The lowest BCUT2D eigenvalue weighted by Crippen LogP contribution is -2.13. The molecule has 0 bridgehead atoms. The van der Waals surface area contributed by atoms with Crippen molar-refractivity contribution >= 4 is 22.7 Å². The van der Waals surface area contributed by atoms with Crippen molar-refractivity contribution in [2.45, 2.75) is 12.8 Å². The monoisotopic (exact) mass is 382 g/mol. The maximum atomic E-state index is 10.9. The van der Waals surface area contributed by atoms with E-state index in [-0.39, 0.29) is 6.54 Å². The third-order valence-electron chi connectivity index (χ3n) is 4.92. The number of rotatable bonds is 7. The highest BCUT2D eigenvalue weighted by Crippen LogP contribution is 2.31. The lowest BCUT2D eigenvalue weighted by atomic mass is 9.97. The van der Waals surface area contributed by atoms with Crippen LogP contribution in [-0.4, -0.2) is 22.6 Å². The summed E-state index contributed by atoms with van der Waals surface area (Å²) in [5.41, 5.74) is 5.56. The fraction of sp³-hybridized carbons (Fsp3) is 0.120. The van der Waals surface area contributed by atoms with Crippen molar-refractivity contribution in [3.05, 3.63) is 96.1 Å². The van der Waals surface area contributed by atoms with Gasteiger partial charge in [-0.15, -0.1) is 0 Å². The first-order chi connectivity index (χ1) is 14.2. The van der Waals surface area contributed by atoms with Crippen LogP contribution in [0.15, 0.2) is 84.9 Å². The average Bonchev–Trinajstić information content (AvgIpc) is 2.77. The number of nitrogens with one attached hydrogen (secondary N) is 1. The molecule has 1 aromatic heterocycles. The Morgan fingerprint density at radius 3 is 2.24 bits per heavy atom. The molecule has 0 radical (unpaired) electrons. The second kappa shape index (κ2) is 8.57. The van der Waals surface area contributed by atoms with Gasteiger partial charge < -0.3 is 10.4 Å². The molecule has 0 atom stereocenters. The van der Waals surface area contributed by atoms with E-state index < -0.39 is 5.97 Å². The van der Waals surface area contributed by atoms with Crippen LogP contribution < -0.4 is 5.32 Å². The molecule has 0 aliphatic rings. The van der Waals surface area contributed by atoms with Crippen LogP contribution in [0, 0.1) is 0 Å². The van der Waals surface area contributed by atoms with Gasteiger partial charge >= 0.3 is 5.97 Å². The Balaban J connectivity index is 1.71. The molecule has 0 spiro atoms. The van der Waals surface area contributed by atoms with Crippen molar-refractivity contribution in [2.75, 3.05) is 11.9 Å². The van der Waals surface area contributed by atoms with Crippen molar-refractivity contribution < 1.29 is 9.90 Å². The molecule has 0 unspecified atom stereocenters. The van der Waals surface area contributed by atoms with Crippen molar-refractivity contribution in [2.24, 2.45) is 0 Å². The number of benzene rings is 3. The van der Waals surface area contributed by atoms with Crippen LogP contribution in [-0.2, 0) is 17.6 Å². The van der Waals surface area contributed by atoms with Gasteiger partial charge in [0.05, 0.1) is 5.52 Å². The number of fused-ring (bicyclic) bond motifs is 1. The van der Waals surface area contributed by atoms with Crippen molar-refractivity contribution in [3.63, 3.8) is 0 Å². The highest BCUT2D eigenvalue weighted by molar-refractivity contribution is 5.96. The van der Waals surface area contributed by atoms with Crippen molar-refractivity contribution in [1.82, 2.24) is 4.98 Å². The fourth-order valence-corrected chi connectivity index (χ4v) is 3.48. The van der Waals surface area contributed by atoms with Crippen LogP contribution in [0.25, 0.3) is 22.0 Å². The summed E-state index contributed by atoms with van der Waals surface area (Å²) in [7, 11) is 0. The molecule has 3 aromatic carbocycles. The first-order valence-electron chi connectivity index (χ1n) is 9.68. The Bertz CT molecular complexity index is 1130. The number of aliphatic carboxylic acids is 1. The number of carboxylic acids is 1. The van der Waals surface area contributed by atoms with Gasteiger partial charge in [-0.1, -0.05) is 66.7 Å². The normalized spacial score (nSPS) is 10.8. The molecule has 0 saturated carbocycles. The van der Waals surface area contributed by atoms with E-state index in [1.807, 2.05) is 36.4 Å². The molecular weight excluding hydrogens is 360 g/mol. The summed E-state index contributed by atoms with van der Waals surface area (Å²) in [5.74, 6) is -0.347. The Kier molecular flexibility index (Phi) is 5.52. The number of pyridine rings is 1. The molecule has 1 heterocycles.